The number of hydrogen-bond donors (Lipinski definition) is 1. The van der Waals surface area contributed by atoms with E-state index in [0.717, 1.165) is 24.2 Å². The molecule has 0 aromatic heterocycles. The van der Waals surface area contributed by atoms with Gasteiger partial charge in [-0.25, -0.2) is 4.39 Å². The first-order valence-corrected chi connectivity index (χ1v) is 6.38. The van der Waals surface area contributed by atoms with E-state index in [0.29, 0.717) is 5.75 Å². The molecule has 0 spiro atoms. The fourth-order valence-corrected chi connectivity index (χ4v) is 2.25. The van der Waals surface area contributed by atoms with Gasteiger partial charge in [0.2, 0.25) is 0 Å². The lowest BCUT2D eigenvalue weighted by Gasteiger charge is -2.09. The molecule has 0 saturated carbocycles. The maximum Gasteiger partial charge on any atom is 0.124 e. The summed E-state index contributed by atoms with van der Waals surface area (Å²) in [5.41, 5.74) is 0. The molecule has 88 valence electrons. The maximum atomic E-state index is 12.9. The summed E-state index contributed by atoms with van der Waals surface area (Å²) in [5, 5.41) is 9.66. The molecule has 1 aromatic rings. The summed E-state index contributed by atoms with van der Waals surface area (Å²) in [6, 6.07) is 6.44. The molecule has 0 fully saturated rings. The van der Waals surface area contributed by atoms with Crippen molar-refractivity contribution in [1.82, 2.24) is 0 Å². The predicted octanol–water partition coefficient (Wildman–Crippen LogP) is 3.64. The van der Waals surface area contributed by atoms with Gasteiger partial charge >= 0.3 is 0 Å². The van der Waals surface area contributed by atoms with Crippen molar-refractivity contribution in [1.29, 1.82) is 0 Å². The van der Waals surface area contributed by atoms with E-state index in [9.17, 15) is 9.50 Å². The van der Waals surface area contributed by atoms with E-state index in [4.69, 9.17) is 0 Å². The van der Waals surface area contributed by atoms with E-state index in [-0.39, 0.29) is 11.9 Å². The summed E-state index contributed by atoms with van der Waals surface area (Å²) in [6.07, 6.45) is 4.19. The fourth-order valence-electron chi connectivity index (χ4n) is 1.33. The molecule has 1 nitrogen and oxygen atoms in total. The number of rotatable bonds is 7. The van der Waals surface area contributed by atoms with Gasteiger partial charge in [0.05, 0.1) is 6.10 Å². The van der Waals surface area contributed by atoms with Crippen LogP contribution < -0.4 is 0 Å². The maximum absolute atomic E-state index is 12.9. The van der Waals surface area contributed by atoms with Crippen molar-refractivity contribution in [3.8, 4) is 0 Å². The monoisotopic (exact) mass is 240 g/mol. The smallest absolute Gasteiger partial charge is 0.124 e. The standard InChI is InChI=1S/C13H17FOS/c1-2-3-4-7-12(15)10-16-13-8-5-6-11(14)9-13/h2,5-6,8-9,12,15H,1,3-4,7,10H2. The molecule has 1 unspecified atom stereocenters. The van der Waals surface area contributed by atoms with Gasteiger partial charge in [-0.3, -0.25) is 0 Å². The molecule has 0 bridgehead atoms. The molecule has 1 aromatic carbocycles. The molecular formula is C13H17FOS. The van der Waals surface area contributed by atoms with Gasteiger partial charge in [0.1, 0.15) is 5.82 Å². The number of aliphatic hydroxyl groups is 1. The minimum atomic E-state index is -0.326. The SMILES string of the molecule is C=CCCCC(O)CSc1cccc(F)c1. The van der Waals surface area contributed by atoms with Crippen LogP contribution in [0.3, 0.4) is 0 Å². The Hall–Kier alpha value is -0.800. The highest BCUT2D eigenvalue weighted by atomic mass is 32.2. The van der Waals surface area contributed by atoms with E-state index >= 15 is 0 Å². The van der Waals surface area contributed by atoms with Crippen molar-refractivity contribution in [2.24, 2.45) is 0 Å². The highest BCUT2D eigenvalue weighted by molar-refractivity contribution is 7.99. The zero-order valence-electron chi connectivity index (χ0n) is 9.23. The Morgan fingerprint density at radius 2 is 2.31 bits per heavy atom. The molecule has 0 aliphatic carbocycles. The topological polar surface area (TPSA) is 20.2 Å². The molecule has 1 rings (SSSR count). The second kappa shape index (κ2) is 7.47. The van der Waals surface area contributed by atoms with E-state index in [1.54, 1.807) is 6.07 Å². The van der Waals surface area contributed by atoms with E-state index < -0.39 is 0 Å². The van der Waals surface area contributed by atoms with Crippen molar-refractivity contribution in [3.05, 3.63) is 42.7 Å². The summed E-state index contributed by atoms with van der Waals surface area (Å²) in [7, 11) is 0. The molecule has 0 aliphatic rings. The molecule has 1 N–H and O–H groups in total. The van der Waals surface area contributed by atoms with Crippen LogP contribution in [-0.2, 0) is 0 Å². The first-order valence-electron chi connectivity index (χ1n) is 5.39. The third-order valence-corrected chi connectivity index (χ3v) is 3.32. The Morgan fingerprint density at radius 1 is 1.50 bits per heavy atom. The molecule has 0 saturated heterocycles. The van der Waals surface area contributed by atoms with Crippen LogP contribution in [0.15, 0.2) is 41.8 Å². The van der Waals surface area contributed by atoms with Gasteiger partial charge in [-0.2, -0.15) is 0 Å². The van der Waals surface area contributed by atoms with Crippen LogP contribution in [0.1, 0.15) is 19.3 Å². The lowest BCUT2D eigenvalue weighted by molar-refractivity contribution is 0.186. The predicted molar refractivity (Wildman–Crippen MR) is 67.2 cm³/mol. The lowest BCUT2D eigenvalue weighted by atomic mass is 10.2. The first-order chi connectivity index (χ1) is 7.72. The average molecular weight is 240 g/mol. The number of halogens is 1. The van der Waals surface area contributed by atoms with Crippen LogP contribution in [0, 0.1) is 5.82 Å². The van der Waals surface area contributed by atoms with Gasteiger partial charge in [0.15, 0.2) is 0 Å². The zero-order chi connectivity index (χ0) is 11.8. The molecule has 0 amide bonds. The number of thioether (sulfide) groups is 1. The molecular weight excluding hydrogens is 223 g/mol. The molecule has 3 heteroatoms. The van der Waals surface area contributed by atoms with Gasteiger partial charge in [-0.05, 0) is 37.5 Å². The number of hydrogen-bond acceptors (Lipinski definition) is 2. The third-order valence-electron chi connectivity index (χ3n) is 2.18. The minimum absolute atomic E-state index is 0.230. The van der Waals surface area contributed by atoms with Crippen molar-refractivity contribution in [2.75, 3.05) is 5.75 Å². The Morgan fingerprint density at radius 3 is 3.00 bits per heavy atom. The quantitative estimate of drug-likeness (QED) is 0.446. The Kier molecular flexibility index (Phi) is 6.19. The largest absolute Gasteiger partial charge is 0.392 e. The zero-order valence-corrected chi connectivity index (χ0v) is 10.0. The summed E-state index contributed by atoms with van der Waals surface area (Å²) in [4.78, 5) is 0.864. The number of aliphatic hydroxyl groups excluding tert-OH is 1. The second-order valence-electron chi connectivity index (χ2n) is 3.64. The Bertz CT molecular complexity index is 327. The van der Waals surface area contributed by atoms with Crippen LogP contribution in [-0.4, -0.2) is 17.0 Å². The third kappa shape index (κ3) is 5.33. The average Bonchev–Trinajstić information content (AvgIpc) is 2.27. The Labute approximate surface area is 100 Å². The molecule has 1 atom stereocenters. The fraction of sp³-hybridized carbons (Fsp3) is 0.385. The van der Waals surface area contributed by atoms with Crippen LogP contribution in [0.5, 0.6) is 0 Å². The van der Waals surface area contributed by atoms with E-state index in [2.05, 4.69) is 6.58 Å². The summed E-state index contributed by atoms with van der Waals surface area (Å²) < 4.78 is 12.9. The van der Waals surface area contributed by atoms with Gasteiger partial charge in [0.25, 0.3) is 0 Å². The van der Waals surface area contributed by atoms with Crippen LogP contribution in [0.2, 0.25) is 0 Å². The first kappa shape index (κ1) is 13.3. The van der Waals surface area contributed by atoms with Crippen LogP contribution in [0.25, 0.3) is 0 Å². The Balaban J connectivity index is 2.25. The van der Waals surface area contributed by atoms with Crippen molar-refractivity contribution in [2.45, 2.75) is 30.3 Å². The summed E-state index contributed by atoms with van der Waals surface area (Å²) in [6.45, 7) is 3.63. The highest BCUT2D eigenvalue weighted by Gasteiger charge is 2.04. The van der Waals surface area contributed by atoms with Gasteiger partial charge in [-0.15, -0.1) is 18.3 Å². The summed E-state index contributed by atoms with van der Waals surface area (Å²) >= 11 is 1.48. The minimum Gasteiger partial charge on any atom is -0.392 e. The van der Waals surface area contributed by atoms with Crippen molar-refractivity contribution < 1.29 is 9.50 Å². The van der Waals surface area contributed by atoms with E-state index in [1.807, 2.05) is 12.1 Å². The normalized spacial score (nSPS) is 12.4. The second-order valence-corrected chi connectivity index (χ2v) is 4.74. The van der Waals surface area contributed by atoms with Gasteiger partial charge in [-0.1, -0.05) is 12.1 Å². The van der Waals surface area contributed by atoms with E-state index in [1.165, 1.54) is 23.9 Å². The van der Waals surface area contributed by atoms with Crippen molar-refractivity contribution >= 4 is 11.8 Å². The lowest BCUT2D eigenvalue weighted by Crippen LogP contribution is -2.09. The summed E-state index contributed by atoms with van der Waals surface area (Å²) in [5.74, 6) is 0.381. The molecule has 0 radical (unpaired) electrons. The molecule has 0 heterocycles. The highest BCUT2D eigenvalue weighted by Crippen LogP contribution is 2.20. The van der Waals surface area contributed by atoms with Gasteiger partial charge < -0.3 is 5.11 Å². The number of benzene rings is 1. The number of allylic oxidation sites excluding steroid dienone is 1. The van der Waals surface area contributed by atoms with Crippen LogP contribution >= 0.6 is 11.8 Å². The molecule has 0 aliphatic heterocycles. The number of unbranched alkanes of at least 4 members (excludes halogenated alkanes) is 1. The molecule has 16 heavy (non-hydrogen) atoms. The van der Waals surface area contributed by atoms with Crippen molar-refractivity contribution in [3.63, 3.8) is 0 Å². The van der Waals surface area contributed by atoms with Gasteiger partial charge in [0, 0.05) is 10.6 Å². The van der Waals surface area contributed by atoms with Crippen LogP contribution in [0.4, 0.5) is 4.39 Å².